The van der Waals surface area contributed by atoms with E-state index in [9.17, 15) is 4.79 Å². The van der Waals surface area contributed by atoms with Gasteiger partial charge in [0.1, 0.15) is 18.4 Å². The van der Waals surface area contributed by atoms with Crippen LogP contribution in [-0.2, 0) is 9.53 Å². The second kappa shape index (κ2) is 10.8. The van der Waals surface area contributed by atoms with Crippen molar-refractivity contribution in [3.8, 4) is 5.75 Å². The van der Waals surface area contributed by atoms with E-state index in [1.54, 1.807) is 4.90 Å². The van der Waals surface area contributed by atoms with Crippen LogP contribution in [0.2, 0.25) is 0 Å². The first-order valence-electron chi connectivity index (χ1n) is 6.50. The van der Waals surface area contributed by atoms with Gasteiger partial charge in [-0.3, -0.25) is 4.79 Å². The molecule has 2 N–H and O–H groups in total. The topological polar surface area (TPSA) is 64.8 Å². The number of rotatable bonds is 8. The first-order valence-corrected chi connectivity index (χ1v) is 7.29. The van der Waals surface area contributed by atoms with Crippen LogP contribution < -0.4 is 10.5 Å². The molecule has 0 aliphatic rings. The molecule has 0 saturated heterocycles. The Morgan fingerprint density at radius 2 is 2.00 bits per heavy atom. The van der Waals surface area contributed by atoms with Crippen molar-refractivity contribution in [1.82, 2.24) is 4.90 Å². The van der Waals surface area contributed by atoms with Gasteiger partial charge in [0.05, 0.1) is 13.2 Å². The van der Waals surface area contributed by atoms with Crippen molar-refractivity contribution < 1.29 is 14.3 Å². The lowest BCUT2D eigenvalue weighted by molar-refractivity contribution is -0.133. The summed E-state index contributed by atoms with van der Waals surface area (Å²) >= 11 is 3.36. The summed E-state index contributed by atoms with van der Waals surface area (Å²) in [5.74, 6) is 0.659. The van der Waals surface area contributed by atoms with Gasteiger partial charge in [0.15, 0.2) is 0 Å². The predicted molar refractivity (Wildman–Crippen MR) is 89.0 cm³/mol. The highest BCUT2D eigenvalue weighted by Gasteiger charge is 2.19. The van der Waals surface area contributed by atoms with Crippen LogP contribution in [0, 0.1) is 0 Å². The summed E-state index contributed by atoms with van der Waals surface area (Å²) in [5.41, 5.74) is 5.74. The third-order valence-corrected chi connectivity index (χ3v) is 3.33. The Morgan fingerprint density at radius 1 is 1.38 bits per heavy atom. The molecule has 0 heterocycles. The Hall–Kier alpha value is -0.820. The molecule has 0 saturated carbocycles. The minimum atomic E-state index is -0.618. The largest absolute Gasteiger partial charge is 0.492 e. The summed E-state index contributed by atoms with van der Waals surface area (Å²) in [5, 5.41) is 0. The van der Waals surface area contributed by atoms with Gasteiger partial charge in [-0.1, -0.05) is 15.9 Å². The third kappa shape index (κ3) is 7.13. The number of methoxy groups -OCH3 is 1. The summed E-state index contributed by atoms with van der Waals surface area (Å²) in [6.45, 7) is 3.67. The van der Waals surface area contributed by atoms with Gasteiger partial charge in [-0.15, -0.1) is 12.4 Å². The van der Waals surface area contributed by atoms with Crippen LogP contribution in [0.3, 0.4) is 0 Å². The smallest absolute Gasteiger partial charge is 0.241 e. The van der Waals surface area contributed by atoms with Crippen LogP contribution >= 0.6 is 28.3 Å². The van der Waals surface area contributed by atoms with Gasteiger partial charge in [0, 0.05) is 18.1 Å². The highest BCUT2D eigenvalue weighted by atomic mass is 79.9. The minimum absolute atomic E-state index is 0. The van der Waals surface area contributed by atoms with Gasteiger partial charge in [-0.25, -0.2) is 0 Å². The van der Waals surface area contributed by atoms with E-state index in [1.165, 1.54) is 7.11 Å². The van der Waals surface area contributed by atoms with Gasteiger partial charge in [0.25, 0.3) is 0 Å². The number of hydrogen-bond acceptors (Lipinski definition) is 4. The average Bonchev–Trinajstić information content (AvgIpc) is 2.45. The van der Waals surface area contributed by atoms with E-state index in [2.05, 4.69) is 15.9 Å². The summed E-state index contributed by atoms with van der Waals surface area (Å²) in [4.78, 5) is 13.7. The lowest BCUT2D eigenvalue weighted by Crippen LogP contribution is -2.47. The quantitative estimate of drug-likeness (QED) is 0.749. The minimum Gasteiger partial charge on any atom is -0.492 e. The van der Waals surface area contributed by atoms with E-state index >= 15 is 0 Å². The zero-order chi connectivity index (χ0) is 15.0. The Bertz CT molecular complexity index is 417. The molecule has 21 heavy (non-hydrogen) atoms. The molecule has 0 bridgehead atoms. The molecular formula is C14H22BrClN2O3. The number of nitrogens with zero attached hydrogens (tertiary/aromatic N) is 1. The number of halogens is 2. The zero-order valence-electron chi connectivity index (χ0n) is 12.3. The second-order valence-corrected chi connectivity index (χ2v) is 5.20. The molecule has 0 fully saturated rings. The van der Waals surface area contributed by atoms with Crippen LogP contribution in [-0.4, -0.2) is 50.3 Å². The number of benzene rings is 1. The van der Waals surface area contributed by atoms with Gasteiger partial charge < -0.3 is 20.1 Å². The molecule has 1 amide bonds. The fourth-order valence-electron chi connectivity index (χ4n) is 1.71. The van der Waals surface area contributed by atoms with E-state index < -0.39 is 6.04 Å². The van der Waals surface area contributed by atoms with Gasteiger partial charge in [-0.2, -0.15) is 0 Å². The summed E-state index contributed by atoms with van der Waals surface area (Å²) in [6, 6.07) is 6.95. The first-order chi connectivity index (χ1) is 9.58. The Balaban J connectivity index is 0.00000400. The maximum atomic E-state index is 12.0. The van der Waals surface area contributed by atoms with E-state index in [1.807, 2.05) is 31.2 Å². The first kappa shape index (κ1) is 20.2. The summed E-state index contributed by atoms with van der Waals surface area (Å²) in [6.07, 6.45) is 0. The van der Waals surface area contributed by atoms with Crippen LogP contribution in [0.15, 0.2) is 28.7 Å². The van der Waals surface area contributed by atoms with E-state index in [4.69, 9.17) is 15.2 Å². The molecule has 1 unspecified atom stereocenters. The molecule has 120 valence electrons. The predicted octanol–water partition coefficient (Wildman–Crippen LogP) is 2.07. The van der Waals surface area contributed by atoms with Crippen molar-refractivity contribution in [1.29, 1.82) is 0 Å². The molecule has 7 heteroatoms. The molecule has 1 aromatic rings. The molecule has 1 atom stereocenters. The number of carbonyl (C=O) groups is 1. The van der Waals surface area contributed by atoms with Crippen molar-refractivity contribution in [2.45, 2.75) is 13.0 Å². The average molecular weight is 382 g/mol. The van der Waals surface area contributed by atoms with Crippen molar-refractivity contribution in [3.05, 3.63) is 28.7 Å². The lowest BCUT2D eigenvalue weighted by atomic mass is 10.3. The second-order valence-electron chi connectivity index (χ2n) is 4.28. The molecule has 0 radical (unpaired) electrons. The molecule has 5 nitrogen and oxygen atoms in total. The standard InChI is InChI=1S/C14H21BrN2O3.ClH/c1-3-17(14(18)13(16)10-19-2)8-9-20-12-6-4-11(15)5-7-12;/h4-7,13H,3,8-10,16H2,1-2H3;1H. The molecular weight excluding hydrogens is 360 g/mol. The SMILES string of the molecule is CCN(CCOc1ccc(Br)cc1)C(=O)C(N)COC.Cl. The van der Waals surface area contributed by atoms with Crippen LogP contribution in [0.4, 0.5) is 0 Å². The van der Waals surface area contributed by atoms with Crippen LogP contribution in [0.1, 0.15) is 6.92 Å². The summed E-state index contributed by atoms with van der Waals surface area (Å²) in [7, 11) is 1.53. The van der Waals surface area contributed by atoms with Crippen LogP contribution in [0.5, 0.6) is 5.75 Å². The fraction of sp³-hybridized carbons (Fsp3) is 0.500. The number of ether oxygens (including phenoxy) is 2. The normalized spacial score (nSPS) is 11.4. The van der Waals surface area contributed by atoms with E-state index in [-0.39, 0.29) is 24.9 Å². The highest BCUT2D eigenvalue weighted by molar-refractivity contribution is 9.10. The number of hydrogen-bond donors (Lipinski definition) is 1. The molecule has 0 aliphatic heterocycles. The molecule has 0 aliphatic carbocycles. The summed E-state index contributed by atoms with van der Waals surface area (Å²) < 4.78 is 11.5. The van der Waals surface area contributed by atoms with E-state index in [0.717, 1.165) is 10.2 Å². The fourth-order valence-corrected chi connectivity index (χ4v) is 1.98. The number of amides is 1. The molecule has 0 spiro atoms. The van der Waals surface area contributed by atoms with Gasteiger partial charge in [-0.05, 0) is 31.2 Å². The van der Waals surface area contributed by atoms with Crippen molar-refractivity contribution in [2.24, 2.45) is 5.73 Å². The van der Waals surface area contributed by atoms with Crippen LogP contribution in [0.25, 0.3) is 0 Å². The maximum Gasteiger partial charge on any atom is 0.241 e. The van der Waals surface area contributed by atoms with Gasteiger partial charge >= 0.3 is 0 Å². The zero-order valence-corrected chi connectivity index (χ0v) is 14.7. The highest BCUT2D eigenvalue weighted by Crippen LogP contribution is 2.15. The van der Waals surface area contributed by atoms with Crippen molar-refractivity contribution in [2.75, 3.05) is 33.4 Å². The maximum absolute atomic E-state index is 12.0. The number of likely N-dealkylation sites (N-methyl/N-ethyl adjacent to an activating group) is 1. The number of nitrogens with two attached hydrogens (primary N) is 1. The Kier molecular flexibility index (Phi) is 10.4. The Labute approximate surface area is 140 Å². The molecule has 1 rings (SSSR count). The van der Waals surface area contributed by atoms with Crippen molar-refractivity contribution in [3.63, 3.8) is 0 Å². The van der Waals surface area contributed by atoms with Crippen molar-refractivity contribution >= 4 is 34.2 Å². The number of carbonyl (C=O) groups excluding carboxylic acids is 1. The third-order valence-electron chi connectivity index (χ3n) is 2.80. The Morgan fingerprint density at radius 3 is 2.52 bits per heavy atom. The molecule has 0 aromatic heterocycles. The van der Waals surface area contributed by atoms with Gasteiger partial charge in [0.2, 0.25) is 5.91 Å². The lowest BCUT2D eigenvalue weighted by Gasteiger charge is -2.24. The van der Waals surface area contributed by atoms with E-state index in [0.29, 0.717) is 19.7 Å². The molecule has 1 aromatic carbocycles. The monoisotopic (exact) mass is 380 g/mol.